The molecular formula is C22H22N4O4. The van der Waals surface area contributed by atoms with Crippen LogP contribution in [-0.2, 0) is 0 Å². The van der Waals surface area contributed by atoms with Crippen LogP contribution >= 0.6 is 0 Å². The van der Waals surface area contributed by atoms with Gasteiger partial charge in [0.25, 0.3) is 17.7 Å². The monoisotopic (exact) mass is 406 g/mol. The summed E-state index contributed by atoms with van der Waals surface area (Å²) in [5, 5.41) is 5.16. The van der Waals surface area contributed by atoms with Gasteiger partial charge in [-0.1, -0.05) is 25.3 Å². The third-order valence-electron chi connectivity index (χ3n) is 5.51. The molecule has 0 bridgehead atoms. The van der Waals surface area contributed by atoms with Crippen LogP contribution < -0.4 is 16.4 Å². The molecule has 8 nitrogen and oxygen atoms in total. The van der Waals surface area contributed by atoms with Gasteiger partial charge in [0, 0.05) is 23.0 Å². The van der Waals surface area contributed by atoms with Crippen LogP contribution in [0.5, 0.6) is 0 Å². The molecule has 0 atom stereocenters. The first-order chi connectivity index (χ1) is 14.4. The number of rotatable bonds is 4. The molecule has 8 heteroatoms. The topological polar surface area (TPSA) is 122 Å². The third kappa shape index (κ3) is 3.76. The highest BCUT2D eigenvalue weighted by molar-refractivity contribution is 6.22. The van der Waals surface area contributed by atoms with Crippen LogP contribution in [0.3, 0.4) is 0 Å². The SMILES string of the molecule is NC(=O)Nc1cccc(NC(=O)c2ccc3c(c2)C(=O)N(C2CCCCC2)C3=O)c1. The van der Waals surface area contributed by atoms with Crippen molar-refractivity contribution in [2.45, 2.75) is 38.1 Å². The maximum absolute atomic E-state index is 12.9. The lowest BCUT2D eigenvalue weighted by molar-refractivity contribution is 0.0548. The van der Waals surface area contributed by atoms with Crippen molar-refractivity contribution in [1.29, 1.82) is 0 Å². The van der Waals surface area contributed by atoms with Crippen molar-refractivity contribution in [2.75, 3.05) is 10.6 Å². The summed E-state index contributed by atoms with van der Waals surface area (Å²) < 4.78 is 0. The first-order valence-corrected chi connectivity index (χ1v) is 9.94. The number of carbonyl (C=O) groups excluding carboxylic acids is 4. The number of fused-ring (bicyclic) bond motifs is 1. The lowest BCUT2D eigenvalue weighted by Gasteiger charge is -2.29. The van der Waals surface area contributed by atoms with Gasteiger partial charge in [0.05, 0.1) is 11.1 Å². The summed E-state index contributed by atoms with van der Waals surface area (Å²) >= 11 is 0. The molecule has 30 heavy (non-hydrogen) atoms. The zero-order valence-corrected chi connectivity index (χ0v) is 16.3. The summed E-state index contributed by atoms with van der Waals surface area (Å²) in [6, 6.07) is 10.3. The number of nitrogens with one attached hydrogen (secondary N) is 2. The predicted octanol–water partition coefficient (Wildman–Crippen LogP) is 3.36. The van der Waals surface area contributed by atoms with Crippen LogP contribution in [0.2, 0.25) is 0 Å². The van der Waals surface area contributed by atoms with E-state index in [1.165, 1.54) is 17.0 Å². The average Bonchev–Trinajstić information content (AvgIpc) is 2.98. The predicted molar refractivity (Wildman–Crippen MR) is 111 cm³/mol. The van der Waals surface area contributed by atoms with Gasteiger partial charge in [0.1, 0.15) is 0 Å². The summed E-state index contributed by atoms with van der Waals surface area (Å²) in [5.41, 5.74) is 6.89. The maximum Gasteiger partial charge on any atom is 0.316 e. The average molecular weight is 406 g/mol. The fraction of sp³-hybridized carbons (Fsp3) is 0.273. The third-order valence-corrected chi connectivity index (χ3v) is 5.51. The minimum absolute atomic E-state index is 0.0658. The summed E-state index contributed by atoms with van der Waals surface area (Å²) in [5.74, 6) is -1.03. The number of anilines is 2. The second-order valence-electron chi connectivity index (χ2n) is 7.56. The Morgan fingerprint density at radius 1 is 0.867 bits per heavy atom. The molecule has 0 aromatic heterocycles. The number of nitrogens with two attached hydrogens (primary N) is 1. The number of hydrogen-bond donors (Lipinski definition) is 3. The largest absolute Gasteiger partial charge is 0.351 e. The van der Waals surface area contributed by atoms with Crippen molar-refractivity contribution in [2.24, 2.45) is 5.73 Å². The highest BCUT2D eigenvalue weighted by atomic mass is 16.2. The molecule has 4 rings (SSSR count). The standard InChI is InChI=1S/C22H22N4O4/c23-22(30)25-15-6-4-5-14(12-15)24-19(27)13-9-10-17-18(11-13)21(29)26(20(17)28)16-7-2-1-3-8-16/h4-6,9-12,16H,1-3,7-8H2,(H,24,27)(H3,23,25,30). The molecule has 2 aliphatic rings. The van der Waals surface area contributed by atoms with Gasteiger partial charge in [-0.3, -0.25) is 19.3 Å². The Labute approximate surface area is 173 Å². The van der Waals surface area contributed by atoms with E-state index in [1.54, 1.807) is 30.3 Å². The van der Waals surface area contributed by atoms with Gasteiger partial charge in [0.15, 0.2) is 0 Å². The smallest absolute Gasteiger partial charge is 0.316 e. The summed E-state index contributed by atoms with van der Waals surface area (Å²) in [7, 11) is 0. The molecule has 1 fully saturated rings. The maximum atomic E-state index is 12.9. The van der Waals surface area contributed by atoms with Gasteiger partial charge >= 0.3 is 6.03 Å². The Morgan fingerprint density at radius 2 is 1.53 bits per heavy atom. The molecule has 2 aromatic rings. The number of carbonyl (C=O) groups is 4. The van der Waals surface area contributed by atoms with Crippen molar-refractivity contribution in [1.82, 2.24) is 4.90 Å². The van der Waals surface area contributed by atoms with Crippen LogP contribution in [0.4, 0.5) is 16.2 Å². The summed E-state index contributed by atoms with van der Waals surface area (Å²) in [4.78, 5) is 50.7. The van der Waals surface area contributed by atoms with E-state index in [9.17, 15) is 19.2 Å². The van der Waals surface area contributed by atoms with Crippen LogP contribution in [0.15, 0.2) is 42.5 Å². The van der Waals surface area contributed by atoms with Crippen molar-refractivity contribution >= 4 is 35.1 Å². The van der Waals surface area contributed by atoms with Gasteiger partial charge in [-0.2, -0.15) is 0 Å². The molecule has 1 saturated carbocycles. The van der Waals surface area contributed by atoms with Gasteiger partial charge < -0.3 is 16.4 Å². The van der Waals surface area contributed by atoms with Crippen LogP contribution in [-0.4, -0.2) is 34.7 Å². The van der Waals surface area contributed by atoms with Gasteiger partial charge in [-0.25, -0.2) is 4.79 Å². The lowest BCUT2D eigenvalue weighted by Crippen LogP contribution is -2.40. The number of benzene rings is 2. The molecule has 4 N–H and O–H groups in total. The molecule has 154 valence electrons. The minimum Gasteiger partial charge on any atom is -0.351 e. The first kappa shape index (κ1) is 19.6. The Kier molecular flexibility index (Phi) is 5.22. The highest BCUT2D eigenvalue weighted by Crippen LogP contribution is 2.31. The number of amides is 5. The molecule has 0 saturated heterocycles. The van der Waals surface area contributed by atoms with E-state index in [0.29, 0.717) is 16.9 Å². The molecule has 1 aliphatic heterocycles. The van der Waals surface area contributed by atoms with Crippen molar-refractivity contribution in [3.05, 3.63) is 59.2 Å². The van der Waals surface area contributed by atoms with Gasteiger partial charge in [0.2, 0.25) is 0 Å². The van der Waals surface area contributed by atoms with Gasteiger partial charge in [-0.05, 0) is 49.2 Å². The fourth-order valence-electron chi connectivity index (χ4n) is 4.09. The number of nitrogens with zero attached hydrogens (tertiary/aromatic N) is 1. The number of imide groups is 1. The zero-order chi connectivity index (χ0) is 21.3. The Hall–Kier alpha value is -3.68. The molecule has 5 amide bonds. The van der Waals surface area contributed by atoms with Crippen molar-refractivity contribution in [3.8, 4) is 0 Å². The van der Waals surface area contributed by atoms with E-state index >= 15 is 0 Å². The zero-order valence-electron chi connectivity index (χ0n) is 16.3. The molecule has 1 aliphatic carbocycles. The van der Waals surface area contributed by atoms with E-state index < -0.39 is 11.9 Å². The number of hydrogen-bond acceptors (Lipinski definition) is 4. The van der Waals surface area contributed by atoms with Crippen LogP contribution in [0.1, 0.15) is 63.2 Å². The molecule has 0 radical (unpaired) electrons. The number of primary amides is 1. The van der Waals surface area contributed by atoms with E-state index in [4.69, 9.17) is 5.73 Å². The van der Waals surface area contributed by atoms with Crippen molar-refractivity contribution in [3.63, 3.8) is 0 Å². The van der Waals surface area contributed by atoms with Crippen LogP contribution in [0, 0.1) is 0 Å². The molecule has 0 unspecified atom stereocenters. The molecular weight excluding hydrogens is 384 g/mol. The quantitative estimate of drug-likeness (QED) is 0.674. The minimum atomic E-state index is -0.706. The normalized spacial score (nSPS) is 16.3. The summed E-state index contributed by atoms with van der Waals surface area (Å²) in [6.45, 7) is 0. The van der Waals surface area contributed by atoms with E-state index in [1.807, 2.05) is 0 Å². The van der Waals surface area contributed by atoms with Crippen molar-refractivity contribution < 1.29 is 19.2 Å². The van der Waals surface area contributed by atoms with Crippen LogP contribution in [0.25, 0.3) is 0 Å². The fourth-order valence-corrected chi connectivity index (χ4v) is 4.09. The van der Waals surface area contributed by atoms with Gasteiger partial charge in [-0.15, -0.1) is 0 Å². The van der Waals surface area contributed by atoms with E-state index in [0.717, 1.165) is 32.1 Å². The number of urea groups is 1. The second kappa shape index (κ2) is 7.98. The molecule has 0 spiro atoms. The first-order valence-electron chi connectivity index (χ1n) is 9.94. The van der Waals surface area contributed by atoms with E-state index in [-0.39, 0.29) is 29.0 Å². The Morgan fingerprint density at radius 3 is 2.23 bits per heavy atom. The Bertz CT molecular complexity index is 1040. The Balaban J connectivity index is 1.53. The lowest BCUT2D eigenvalue weighted by atomic mass is 9.94. The molecule has 2 aromatic carbocycles. The molecule has 1 heterocycles. The second-order valence-corrected chi connectivity index (χ2v) is 7.56. The highest BCUT2D eigenvalue weighted by Gasteiger charge is 2.40. The van der Waals surface area contributed by atoms with E-state index in [2.05, 4.69) is 10.6 Å². The summed E-state index contributed by atoms with van der Waals surface area (Å²) in [6.07, 6.45) is 4.80.